The Morgan fingerprint density at radius 1 is 0.944 bits per heavy atom. The number of carbonyl (C=O) groups is 1. The summed E-state index contributed by atoms with van der Waals surface area (Å²) in [5.41, 5.74) is 2.49. The molecule has 196 valence electrons. The van der Waals surface area contributed by atoms with Crippen molar-refractivity contribution in [1.82, 2.24) is 0 Å². The van der Waals surface area contributed by atoms with Gasteiger partial charge in [-0.25, -0.2) is 0 Å². The van der Waals surface area contributed by atoms with Crippen molar-refractivity contribution in [3.8, 4) is 0 Å². The van der Waals surface area contributed by atoms with E-state index in [2.05, 4.69) is 39.9 Å². The molecule has 0 unspecified atom stereocenters. The van der Waals surface area contributed by atoms with E-state index < -0.39 is 33.7 Å². The third kappa shape index (κ3) is 6.22. The summed E-state index contributed by atoms with van der Waals surface area (Å²) < 4.78 is 19.5. The van der Waals surface area contributed by atoms with E-state index in [4.69, 9.17) is 13.7 Å². The summed E-state index contributed by atoms with van der Waals surface area (Å²) in [5.74, 6) is -0.170. The summed E-state index contributed by atoms with van der Waals surface area (Å²) >= 11 is 0. The molecule has 1 amide bonds. The number of amides is 1. The molecule has 0 aromatic heterocycles. The molecule has 1 fully saturated rings. The monoisotopic (exact) mass is 510 g/mol. The van der Waals surface area contributed by atoms with Crippen LogP contribution in [0.2, 0.25) is 5.04 Å². The maximum Gasteiger partial charge on any atom is 0.495 e. The number of nitrogens with zero attached hydrogens (tertiary/aromatic N) is 1. The van der Waals surface area contributed by atoms with Crippen molar-refractivity contribution in [2.45, 2.75) is 84.2 Å². The third-order valence-electron chi connectivity index (χ3n) is 6.97. The Labute approximate surface area is 220 Å². The van der Waals surface area contributed by atoms with Crippen molar-refractivity contribution in [3.05, 3.63) is 53.6 Å². The molecule has 6 nitrogen and oxygen atoms in total. The van der Waals surface area contributed by atoms with Gasteiger partial charge in [0, 0.05) is 36.6 Å². The first kappa shape index (κ1) is 28.4. The van der Waals surface area contributed by atoms with E-state index in [9.17, 15) is 4.79 Å². The summed E-state index contributed by atoms with van der Waals surface area (Å²) in [5, 5.41) is 3.28. The molecule has 0 saturated carbocycles. The first-order valence-electron chi connectivity index (χ1n) is 12.7. The molecule has 8 heteroatoms. The average Bonchev–Trinajstić information content (AvgIpc) is 2.98. The number of benzene rings is 2. The molecule has 1 N–H and O–H groups in total. The van der Waals surface area contributed by atoms with Crippen molar-refractivity contribution in [1.29, 1.82) is 0 Å². The standard InChI is InChI=1S/C28H43BN2O4Si/c1-25(2,3)36-35-26(4,5)23-21(29-33-27(6,7)28(8,9)34-29)13-12-14-22(23)30-24(32)19-15-17-20(18-16-19)31(10)11/h12-18H,36H2,1-11H3,(H,30,32). The normalized spacial score (nSPS) is 17.6. The van der Waals surface area contributed by atoms with E-state index >= 15 is 0 Å². The Morgan fingerprint density at radius 3 is 2.00 bits per heavy atom. The number of anilines is 2. The molecule has 1 saturated heterocycles. The molecule has 36 heavy (non-hydrogen) atoms. The topological polar surface area (TPSA) is 60.0 Å². The number of nitrogens with one attached hydrogen (secondary N) is 1. The predicted molar refractivity (Wildman–Crippen MR) is 153 cm³/mol. The zero-order chi connectivity index (χ0) is 27.1. The van der Waals surface area contributed by atoms with Gasteiger partial charge in [-0.05, 0) is 82.4 Å². The van der Waals surface area contributed by atoms with Crippen LogP contribution in [0, 0.1) is 0 Å². The molecule has 0 radical (unpaired) electrons. The van der Waals surface area contributed by atoms with Gasteiger partial charge in [0.15, 0.2) is 9.76 Å². The van der Waals surface area contributed by atoms with Crippen molar-refractivity contribution >= 4 is 39.6 Å². The molecule has 3 rings (SSSR count). The Morgan fingerprint density at radius 2 is 1.50 bits per heavy atom. The minimum Gasteiger partial charge on any atom is -0.414 e. The van der Waals surface area contributed by atoms with Crippen LogP contribution in [0.4, 0.5) is 11.4 Å². The molecule has 0 aliphatic carbocycles. The van der Waals surface area contributed by atoms with Crippen molar-refractivity contribution in [2.24, 2.45) is 0 Å². The quantitative estimate of drug-likeness (QED) is 0.540. The molecule has 1 aliphatic heterocycles. The summed E-state index contributed by atoms with van der Waals surface area (Å²) in [6.45, 7) is 18.9. The lowest BCUT2D eigenvalue weighted by Crippen LogP contribution is -2.43. The summed E-state index contributed by atoms with van der Waals surface area (Å²) in [6.07, 6.45) is 0. The van der Waals surface area contributed by atoms with Crippen LogP contribution in [-0.2, 0) is 19.3 Å². The second kappa shape index (κ2) is 9.97. The Kier molecular flexibility index (Phi) is 7.88. The second-order valence-electron chi connectivity index (χ2n) is 12.6. The van der Waals surface area contributed by atoms with E-state index in [1.54, 1.807) is 0 Å². The number of hydrogen-bond acceptors (Lipinski definition) is 5. The van der Waals surface area contributed by atoms with E-state index in [0.29, 0.717) is 11.3 Å². The lowest BCUT2D eigenvalue weighted by atomic mass is 9.72. The van der Waals surface area contributed by atoms with E-state index in [0.717, 1.165) is 16.7 Å². The Hall–Kier alpha value is -2.13. The highest BCUT2D eigenvalue weighted by Gasteiger charge is 2.53. The fourth-order valence-electron chi connectivity index (χ4n) is 4.09. The van der Waals surface area contributed by atoms with Crippen LogP contribution >= 0.6 is 0 Å². The fourth-order valence-corrected chi connectivity index (χ4v) is 5.03. The van der Waals surface area contributed by atoms with Crippen LogP contribution in [0.3, 0.4) is 0 Å². The molecule has 0 bridgehead atoms. The minimum absolute atomic E-state index is 0.119. The van der Waals surface area contributed by atoms with Crippen LogP contribution in [0.25, 0.3) is 0 Å². The molecule has 2 aromatic rings. The summed E-state index contributed by atoms with van der Waals surface area (Å²) in [6, 6.07) is 13.5. The van der Waals surface area contributed by atoms with Gasteiger partial charge in [-0.1, -0.05) is 32.9 Å². The smallest absolute Gasteiger partial charge is 0.414 e. The predicted octanol–water partition coefficient (Wildman–Crippen LogP) is 4.86. The molecule has 1 heterocycles. The van der Waals surface area contributed by atoms with Crippen molar-refractivity contribution < 1.29 is 18.5 Å². The SMILES string of the molecule is CN(C)c1ccc(C(=O)Nc2cccc(B3OC(C)(C)C(C)(C)O3)c2C(C)(C)O[SiH2]C(C)(C)C)cc1. The molecule has 0 atom stereocenters. The van der Waals surface area contributed by atoms with Crippen LogP contribution < -0.4 is 15.7 Å². The van der Waals surface area contributed by atoms with Gasteiger partial charge in [-0.2, -0.15) is 0 Å². The van der Waals surface area contributed by atoms with Gasteiger partial charge in [-0.15, -0.1) is 0 Å². The van der Waals surface area contributed by atoms with Gasteiger partial charge < -0.3 is 24.0 Å². The molecule has 2 aromatic carbocycles. The molecular formula is C28H43BN2O4Si. The largest absolute Gasteiger partial charge is 0.495 e. The average molecular weight is 511 g/mol. The van der Waals surface area contributed by atoms with Gasteiger partial charge in [-0.3, -0.25) is 4.79 Å². The van der Waals surface area contributed by atoms with Crippen LogP contribution in [0.1, 0.15) is 78.2 Å². The highest BCUT2D eigenvalue weighted by atomic mass is 28.2. The second-order valence-corrected chi connectivity index (χ2v) is 15.3. The molecular weight excluding hydrogens is 467 g/mol. The van der Waals surface area contributed by atoms with E-state index in [1.807, 2.05) is 89.2 Å². The zero-order valence-electron chi connectivity index (χ0n) is 23.9. The number of rotatable bonds is 7. The van der Waals surface area contributed by atoms with E-state index in [1.165, 1.54) is 0 Å². The minimum atomic E-state index is -0.885. The lowest BCUT2D eigenvalue weighted by Gasteiger charge is -2.34. The molecule has 0 spiro atoms. The highest BCUT2D eigenvalue weighted by molar-refractivity contribution is 6.63. The van der Waals surface area contributed by atoms with Crippen LogP contribution in [-0.4, -0.2) is 48.1 Å². The van der Waals surface area contributed by atoms with E-state index in [-0.39, 0.29) is 10.9 Å². The number of hydrogen-bond donors (Lipinski definition) is 1. The van der Waals surface area contributed by atoms with Gasteiger partial charge in [0.25, 0.3) is 5.91 Å². The summed E-state index contributed by atoms with van der Waals surface area (Å²) in [7, 11) is 2.50. The Bertz CT molecular complexity index is 1080. The fraction of sp³-hybridized carbons (Fsp3) is 0.536. The Balaban J connectivity index is 2.03. The molecule has 1 aliphatic rings. The van der Waals surface area contributed by atoms with Gasteiger partial charge in [0.05, 0.1) is 16.8 Å². The first-order chi connectivity index (χ1) is 16.4. The zero-order valence-corrected chi connectivity index (χ0v) is 25.3. The van der Waals surface area contributed by atoms with Gasteiger partial charge >= 0.3 is 7.12 Å². The van der Waals surface area contributed by atoms with Crippen molar-refractivity contribution in [2.75, 3.05) is 24.3 Å². The maximum atomic E-state index is 13.3. The van der Waals surface area contributed by atoms with Crippen LogP contribution in [0.15, 0.2) is 42.5 Å². The highest BCUT2D eigenvalue weighted by Crippen LogP contribution is 2.39. The van der Waals surface area contributed by atoms with Gasteiger partial charge in [0.1, 0.15) is 0 Å². The maximum absolute atomic E-state index is 13.3. The summed E-state index contributed by atoms with van der Waals surface area (Å²) in [4.78, 5) is 15.3. The third-order valence-corrected chi connectivity index (χ3v) is 8.70. The first-order valence-corrected chi connectivity index (χ1v) is 13.9. The lowest BCUT2D eigenvalue weighted by molar-refractivity contribution is 0.00578. The number of carbonyl (C=O) groups excluding carboxylic acids is 1. The van der Waals surface area contributed by atoms with Crippen LogP contribution in [0.5, 0.6) is 0 Å². The van der Waals surface area contributed by atoms with Crippen molar-refractivity contribution in [3.63, 3.8) is 0 Å². The van der Waals surface area contributed by atoms with Gasteiger partial charge in [0.2, 0.25) is 0 Å².